The minimum Gasteiger partial charge on any atom is -0.460 e. The predicted molar refractivity (Wildman–Crippen MR) is 108 cm³/mol. The lowest BCUT2D eigenvalue weighted by Crippen LogP contribution is -2.13. The fourth-order valence-corrected chi connectivity index (χ4v) is 3.13. The van der Waals surface area contributed by atoms with Crippen molar-refractivity contribution < 1.29 is 9.21 Å². The van der Waals surface area contributed by atoms with Crippen LogP contribution in [0.2, 0.25) is 0 Å². The van der Waals surface area contributed by atoms with Crippen molar-refractivity contribution in [1.82, 2.24) is 4.98 Å². The number of carbonyl (C=O) groups excluding carboxylic acids is 1. The maximum atomic E-state index is 13.0. The normalized spacial score (nSPS) is 10.9. The highest BCUT2D eigenvalue weighted by molar-refractivity contribution is 6.13. The van der Waals surface area contributed by atoms with Crippen LogP contribution >= 0.6 is 0 Å². The summed E-state index contributed by atoms with van der Waals surface area (Å²) in [6.45, 7) is 3.98. The minimum atomic E-state index is -0.161. The van der Waals surface area contributed by atoms with Crippen LogP contribution < -0.4 is 5.32 Å². The van der Waals surface area contributed by atoms with E-state index in [0.29, 0.717) is 17.0 Å². The van der Waals surface area contributed by atoms with Crippen LogP contribution in [0.1, 0.15) is 28.6 Å². The Morgan fingerprint density at radius 1 is 1.04 bits per heavy atom. The number of hydrogen-bond donors (Lipinski definition) is 1. The van der Waals surface area contributed by atoms with Gasteiger partial charge < -0.3 is 9.73 Å². The fourth-order valence-electron chi connectivity index (χ4n) is 3.13. The highest BCUT2D eigenvalue weighted by atomic mass is 16.3. The maximum absolute atomic E-state index is 13.0. The van der Waals surface area contributed by atoms with Crippen LogP contribution in [-0.2, 0) is 6.42 Å². The van der Waals surface area contributed by atoms with E-state index < -0.39 is 0 Å². The minimum absolute atomic E-state index is 0.161. The monoisotopic (exact) mass is 356 g/mol. The molecule has 4 heteroatoms. The molecule has 0 radical (unpaired) electrons. The van der Waals surface area contributed by atoms with Crippen molar-refractivity contribution >= 4 is 22.5 Å². The number of amides is 1. The number of hydrogen-bond acceptors (Lipinski definition) is 3. The standard InChI is InChI=1S/C23H20N2O2/c1-3-16-7-6-8-17(13-16)24-23(26)19-14-21(22-12-11-15(2)27-22)25-20-10-5-4-9-18(19)20/h4-14H,3H2,1-2H3,(H,24,26). The van der Waals surface area contributed by atoms with Crippen molar-refractivity contribution in [2.24, 2.45) is 0 Å². The highest BCUT2D eigenvalue weighted by Gasteiger charge is 2.15. The largest absolute Gasteiger partial charge is 0.460 e. The van der Waals surface area contributed by atoms with Crippen molar-refractivity contribution in [1.29, 1.82) is 0 Å². The van der Waals surface area contributed by atoms with Gasteiger partial charge in [-0.15, -0.1) is 0 Å². The maximum Gasteiger partial charge on any atom is 0.256 e. The number of para-hydroxylation sites is 1. The smallest absolute Gasteiger partial charge is 0.256 e. The van der Waals surface area contributed by atoms with E-state index in [1.54, 1.807) is 6.07 Å². The second-order valence-electron chi connectivity index (χ2n) is 6.49. The molecule has 0 bridgehead atoms. The molecule has 0 aliphatic heterocycles. The van der Waals surface area contributed by atoms with Crippen LogP contribution in [0, 0.1) is 6.92 Å². The Bertz CT molecular complexity index is 1130. The van der Waals surface area contributed by atoms with Crippen LogP contribution in [0.3, 0.4) is 0 Å². The Morgan fingerprint density at radius 2 is 1.89 bits per heavy atom. The number of furan rings is 1. The third kappa shape index (κ3) is 3.47. The lowest BCUT2D eigenvalue weighted by molar-refractivity contribution is 0.102. The van der Waals surface area contributed by atoms with Gasteiger partial charge in [0.15, 0.2) is 5.76 Å². The molecular formula is C23H20N2O2. The lowest BCUT2D eigenvalue weighted by Gasteiger charge is -2.10. The van der Waals surface area contributed by atoms with E-state index in [0.717, 1.165) is 28.8 Å². The van der Waals surface area contributed by atoms with Gasteiger partial charge in [0, 0.05) is 11.1 Å². The summed E-state index contributed by atoms with van der Waals surface area (Å²) in [5.74, 6) is 1.30. The van der Waals surface area contributed by atoms with Gasteiger partial charge in [0.1, 0.15) is 11.5 Å². The molecule has 0 saturated heterocycles. The number of benzene rings is 2. The van der Waals surface area contributed by atoms with Crippen LogP contribution in [0.15, 0.2) is 71.1 Å². The van der Waals surface area contributed by atoms with E-state index in [9.17, 15) is 4.79 Å². The van der Waals surface area contributed by atoms with Gasteiger partial charge in [0.05, 0.1) is 11.1 Å². The number of fused-ring (bicyclic) bond motifs is 1. The number of nitrogens with one attached hydrogen (secondary N) is 1. The number of anilines is 1. The van der Waals surface area contributed by atoms with Crippen molar-refractivity contribution in [3.63, 3.8) is 0 Å². The topological polar surface area (TPSA) is 55.1 Å². The van der Waals surface area contributed by atoms with Gasteiger partial charge in [-0.2, -0.15) is 0 Å². The number of carbonyl (C=O) groups is 1. The summed E-state index contributed by atoms with van der Waals surface area (Å²) in [4.78, 5) is 17.7. The molecule has 4 nitrogen and oxygen atoms in total. The van der Waals surface area contributed by atoms with Gasteiger partial charge in [-0.1, -0.05) is 37.3 Å². The van der Waals surface area contributed by atoms with E-state index in [-0.39, 0.29) is 5.91 Å². The molecule has 2 aromatic carbocycles. The molecule has 134 valence electrons. The average molecular weight is 356 g/mol. The third-order valence-corrected chi connectivity index (χ3v) is 4.55. The van der Waals surface area contributed by atoms with Crippen LogP contribution in [-0.4, -0.2) is 10.9 Å². The van der Waals surface area contributed by atoms with Crippen LogP contribution in [0.4, 0.5) is 5.69 Å². The van der Waals surface area contributed by atoms with E-state index in [1.807, 2.05) is 61.5 Å². The van der Waals surface area contributed by atoms with Gasteiger partial charge >= 0.3 is 0 Å². The zero-order valence-corrected chi connectivity index (χ0v) is 15.3. The highest BCUT2D eigenvalue weighted by Crippen LogP contribution is 2.27. The van der Waals surface area contributed by atoms with E-state index in [2.05, 4.69) is 23.3 Å². The van der Waals surface area contributed by atoms with Crippen LogP contribution in [0.5, 0.6) is 0 Å². The Balaban J connectivity index is 1.78. The molecule has 4 rings (SSSR count). The van der Waals surface area contributed by atoms with Gasteiger partial charge in [-0.05, 0) is 55.3 Å². The molecule has 27 heavy (non-hydrogen) atoms. The molecule has 0 saturated carbocycles. The Morgan fingerprint density at radius 3 is 2.67 bits per heavy atom. The Labute approximate surface area is 157 Å². The van der Waals surface area contributed by atoms with Gasteiger partial charge in [0.2, 0.25) is 0 Å². The summed E-state index contributed by atoms with van der Waals surface area (Å²) >= 11 is 0. The molecule has 4 aromatic rings. The average Bonchev–Trinajstić information content (AvgIpc) is 3.13. The Hall–Kier alpha value is -3.40. The van der Waals surface area contributed by atoms with E-state index in [4.69, 9.17) is 4.42 Å². The first-order valence-corrected chi connectivity index (χ1v) is 9.01. The molecule has 0 unspecified atom stereocenters. The molecule has 0 atom stereocenters. The number of pyridine rings is 1. The van der Waals surface area contributed by atoms with E-state index >= 15 is 0 Å². The van der Waals surface area contributed by atoms with Crippen molar-refractivity contribution in [3.05, 3.63) is 83.6 Å². The summed E-state index contributed by atoms with van der Waals surface area (Å²) in [5, 5.41) is 3.83. The summed E-state index contributed by atoms with van der Waals surface area (Å²) in [6, 6.07) is 21.1. The molecule has 2 aromatic heterocycles. The summed E-state index contributed by atoms with van der Waals surface area (Å²) in [6.07, 6.45) is 0.921. The quantitative estimate of drug-likeness (QED) is 0.516. The number of aromatic nitrogens is 1. The second-order valence-corrected chi connectivity index (χ2v) is 6.49. The molecule has 0 fully saturated rings. The van der Waals surface area contributed by atoms with E-state index in [1.165, 1.54) is 5.56 Å². The van der Waals surface area contributed by atoms with Gasteiger partial charge in [-0.25, -0.2) is 4.98 Å². The SMILES string of the molecule is CCc1cccc(NC(=O)c2cc(-c3ccc(C)o3)nc3ccccc23)c1. The summed E-state index contributed by atoms with van der Waals surface area (Å²) in [7, 11) is 0. The Kier molecular flexibility index (Phi) is 4.47. The first-order valence-electron chi connectivity index (χ1n) is 9.01. The molecule has 1 N–H and O–H groups in total. The molecule has 2 heterocycles. The van der Waals surface area contributed by atoms with Crippen molar-refractivity contribution in [2.45, 2.75) is 20.3 Å². The van der Waals surface area contributed by atoms with Crippen molar-refractivity contribution in [2.75, 3.05) is 5.32 Å². The van der Waals surface area contributed by atoms with Gasteiger partial charge in [0.25, 0.3) is 5.91 Å². The molecule has 0 aliphatic carbocycles. The third-order valence-electron chi connectivity index (χ3n) is 4.55. The van der Waals surface area contributed by atoms with Crippen LogP contribution in [0.25, 0.3) is 22.4 Å². The van der Waals surface area contributed by atoms with Gasteiger partial charge in [-0.3, -0.25) is 4.79 Å². The molecule has 0 aliphatic rings. The summed E-state index contributed by atoms with van der Waals surface area (Å²) in [5.41, 5.74) is 3.95. The zero-order valence-electron chi connectivity index (χ0n) is 15.3. The molecule has 1 amide bonds. The molecular weight excluding hydrogens is 336 g/mol. The zero-order chi connectivity index (χ0) is 18.8. The molecule has 0 spiro atoms. The van der Waals surface area contributed by atoms with Crippen molar-refractivity contribution in [3.8, 4) is 11.5 Å². The number of nitrogens with zero attached hydrogens (tertiary/aromatic N) is 1. The first kappa shape index (κ1) is 17.0. The number of aryl methyl sites for hydroxylation is 2. The predicted octanol–water partition coefficient (Wildman–Crippen LogP) is 5.62. The lowest BCUT2D eigenvalue weighted by atomic mass is 10.1. The first-order chi connectivity index (χ1) is 13.1. The summed E-state index contributed by atoms with van der Waals surface area (Å²) < 4.78 is 5.71. The second kappa shape index (κ2) is 7.08. The number of rotatable bonds is 4. The fraction of sp³-hybridized carbons (Fsp3) is 0.130.